The van der Waals surface area contributed by atoms with Gasteiger partial charge in [0, 0.05) is 45.4 Å². The molecule has 1 N–H and O–H groups in total. The lowest BCUT2D eigenvalue weighted by Gasteiger charge is -2.43. The Morgan fingerprint density at radius 3 is 2.32 bits per heavy atom. The second kappa shape index (κ2) is 8.93. The van der Waals surface area contributed by atoms with Crippen molar-refractivity contribution in [3.05, 3.63) is 0 Å². The summed E-state index contributed by atoms with van der Waals surface area (Å²) >= 11 is 0. The van der Waals surface area contributed by atoms with E-state index in [0.29, 0.717) is 18.6 Å². The largest absolute Gasteiger partial charge is 0.396 e. The van der Waals surface area contributed by atoms with Crippen molar-refractivity contribution in [2.75, 3.05) is 39.3 Å². The van der Waals surface area contributed by atoms with E-state index in [0.717, 1.165) is 18.9 Å². The van der Waals surface area contributed by atoms with Crippen molar-refractivity contribution in [1.82, 2.24) is 9.80 Å². The number of hydrogen-bond acceptors (Lipinski definition) is 3. The van der Waals surface area contributed by atoms with Crippen molar-refractivity contribution in [2.45, 2.75) is 53.0 Å². The zero-order valence-electron chi connectivity index (χ0n) is 13.4. The van der Waals surface area contributed by atoms with Crippen LogP contribution >= 0.6 is 0 Å². The van der Waals surface area contributed by atoms with E-state index < -0.39 is 0 Å². The van der Waals surface area contributed by atoms with Crippen molar-refractivity contribution in [3.8, 4) is 0 Å². The Morgan fingerprint density at radius 1 is 1.11 bits per heavy atom. The molecule has 0 aromatic carbocycles. The Hall–Kier alpha value is -0.120. The van der Waals surface area contributed by atoms with Crippen LogP contribution in [-0.4, -0.2) is 60.3 Å². The average molecular weight is 270 g/mol. The van der Waals surface area contributed by atoms with Gasteiger partial charge in [-0.15, -0.1) is 0 Å². The molecule has 3 heteroatoms. The van der Waals surface area contributed by atoms with Crippen LogP contribution in [0.5, 0.6) is 0 Å². The molecule has 1 fully saturated rings. The van der Waals surface area contributed by atoms with Gasteiger partial charge >= 0.3 is 0 Å². The second-order valence-electron chi connectivity index (χ2n) is 6.50. The molecule has 1 atom stereocenters. The minimum Gasteiger partial charge on any atom is -0.396 e. The molecule has 1 heterocycles. The fourth-order valence-corrected chi connectivity index (χ4v) is 3.17. The molecule has 0 radical (unpaired) electrons. The van der Waals surface area contributed by atoms with Gasteiger partial charge in [0.1, 0.15) is 0 Å². The molecular formula is C16H34N2O. The molecule has 114 valence electrons. The Balaban J connectivity index is 2.49. The van der Waals surface area contributed by atoms with Crippen molar-refractivity contribution in [3.63, 3.8) is 0 Å². The van der Waals surface area contributed by atoms with Crippen LogP contribution in [0.3, 0.4) is 0 Å². The first kappa shape index (κ1) is 16.9. The molecule has 0 bridgehead atoms. The van der Waals surface area contributed by atoms with Gasteiger partial charge in [0.05, 0.1) is 0 Å². The molecule has 1 aliphatic heterocycles. The maximum atomic E-state index is 9.29. The van der Waals surface area contributed by atoms with Gasteiger partial charge < -0.3 is 10.0 Å². The third-order valence-corrected chi connectivity index (χ3v) is 4.42. The maximum absolute atomic E-state index is 9.29. The van der Waals surface area contributed by atoms with E-state index in [1.165, 1.54) is 39.0 Å². The first-order valence-electron chi connectivity index (χ1n) is 8.17. The highest BCUT2D eigenvalue weighted by Gasteiger charge is 2.27. The normalized spacial score (nSPS) is 22.6. The summed E-state index contributed by atoms with van der Waals surface area (Å²) in [5.41, 5.74) is 0. The first-order valence-corrected chi connectivity index (χ1v) is 8.17. The predicted molar refractivity (Wildman–Crippen MR) is 82.4 cm³/mol. The van der Waals surface area contributed by atoms with Gasteiger partial charge in [0.15, 0.2) is 0 Å². The van der Waals surface area contributed by atoms with Crippen molar-refractivity contribution in [2.24, 2.45) is 11.8 Å². The highest BCUT2D eigenvalue weighted by atomic mass is 16.3. The molecule has 1 unspecified atom stereocenters. The smallest absolute Gasteiger partial charge is 0.0446 e. The highest BCUT2D eigenvalue weighted by molar-refractivity contribution is 4.83. The van der Waals surface area contributed by atoms with Gasteiger partial charge in [-0.25, -0.2) is 0 Å². The fourth-order valence-electron chi connectivity index (χ4n) is 3.17. The molecule has 0 aliphatic carbocycles. The molecule has 0 saturated carbocycles. The molecule has 1 saturated heterocycles. The van der Waals surface area contributed by atoms with E-state index in [1.54, 1.807) is 0 Å². The van der Waals surface area contributed by atoms with Gasteiger partial charge in [-0.1, -0.05) is 40.5 Å². The van der Waals surface area contributed by atoms with Gasteiger partial charge in [-0.2, -0.15) is 0 Å². The minimum atomic E-state index is 0.318. The number of rotatable bonds is 8. The summed E-state index contributed by atoms with van der Waals surface area (Å²) in [6.07, 6.45) is 3.49. The van der Waals surface area contributed by atoms with Gasteiger partial charge in [-0.3, -0.25) is 4.90 Å². The monoisotopic (exact) mass is 270 g/mol. The molecule has 0 aromatic rings. The molecule has 0 aromatic heterocycles. The van der Waals surface area contributed by atoms with E-state index in [-0.39, 0.29) is 0 Å². The molecule has 3 nitrogen and oxygen atoms in total. The summed E-state index contributed by atoms with van der Waals surface area (Å²) in [4.78, 5) is 5.21. The summed E-state index contributed by atoms with van der Waals surface area (Å²) in [5, 5.41) is 9.29. The predicted octanol–water partition coefficient (Wildman–Crippen LogP) is 2.45. The van der Waals surface area contributed by atoms with Crippen LogP contribution in [0.25, 0.3) is 0 Å². The van der Waals surface area contributed by atoms with Crippen LogP contribution in [0.2, 0.25) is 0 Å². The zero-order chi connectivity index (χ0) is 14.3. The van der Waals surface area contributed by atoms with Crippen LogP contribution in [0.1, 0.15) is 47.0 Å². The summed E-state index contributed by atoms with van der Waals surface area (Å²) < 4.78 is 0. The fraction of sp³-hybridized carbons (Fsp3) is 1.00. The number of aliphatic hydroxyl groups is 1. The minimum absolute atomic E-state index is 0.318. The maximum Gasteiger partial charge on any atom is 0.0446 e. The molecular weight excluding hydrogens is 236 g/mol. The SMILES string of the molecule is CCC(CC)CN1CCN(CC(C)C)C(CCO)C1. The van der Waals surface area contributed by atoms with Crippen molar-refractivity contribution in [1.29, 1.82) is 0 Å². The number of aliphatic hydroxyl groups excluding tert-OH is 1. The van der Waals surface area contributed by atoms with Crippen LogP contribution in [0.15, 0.2) is 0 Å². The lowest BCUT2D eigenvalue weighted by molar-refractivity contribution is 0.0432. The van der Waals surface area contributed by atoms with Crippen molar-refractivity contribution < 1.29 is 5.11 Å². The quantitative estimate of drug-likeness (QED) is 0.734. The van der Waals surface area contributed by atoms with Crippen LogP contribution < -0.4 is 0 Å². The Bertz CT molecular complexity index is 229. The Morgan fingerprint density at radius 2 is 1.79 bits per heavy atom. The van der Waals surface area contributed by atoms with Crippen LogP contribution in [0.4, 0.5) is 0 Å². The Labute approximate surface area is 120 Å². The highest BCUT2D eigenvalue weighted by Crippen LogP contribution is 2.18. The third-order valence-electron chi connectivity index (χ3n) is 4.42. The average Bonchev–Trinajstić information content (AvgIpc) is 2.38. The van der Waals surface area contributed by atoms with E-state index in [4.69, 9.17) is 0 Å². The first-order chi connectivity index (χ1) is 9.10. The number of hydrogen-bond donors (Lipinski definition) is 1. The Kier molecular flexibility index (Phi) is 7.96. The molecule has 1 rings (SSSR count). The van der Waals surface area contributed by atoms with E-state index >= 15 is 0 Å². The third kappa shape index (κ3) is 5.80. The molecule has 19 heavy (non-hydrogen) atoms. The van der Waals surface area contributed by atoms with E-state index in [9.17, 15) is 5.11 Å². The van der Waals surface area contributed by atoms with Gasteiger partial charge in [0.25, 0.3) is 0 Å². The molecule has 1 aliphatic rings. The summed E-state index contributed by atoms with van der Waals surface area (Å²) in [5.74, 6) is 1.55. The number of piperazine rings is 1. The topological polar surface area (TPSA) is 26.7 Å². The van der Waals surface area contributed by atoms with Crippen molar-refractivity contribution >= 4 is 0 Å². The van der Waals surface area contributed by atoms with E-state index in [1.807, 2.05) is 0 Å². The molecule has 0 amide bonds. The zero-order valence-corrected chi connectivity index (χ0v) is 13.4. The summed E-state index contributed by atoms with van der Waals surface area (Å²) in [6, 6.07) is 0.551. The molecule has 0 spiro atoms. The standard InChI is InChI=1S/C16H34N2O/c1-5-15(6-2)12-17-8-9-18(11-14(3)4)16(13-17)7-10-19/h14-16,19H,5-13H2,1-4H3. The second-order valence-corrected chi connectivity index (χ2v) is 6.50. The van der Waals surface area contributed by atoms with Crippen LogP contribution in [-0.2, 0) is 0 Å². The lowest BCUT2D eigenvalue weighted by atomic mass is 10.0. The number of nitrogens with zero attached hydrogens (tertiary/aromatic N) is 2. The van der Waals surface area contributed by atoms with Crippen LogP contribution in [0, 0.1) is 11.8 Å². The van der Waals surface area contributed by atoms with Gasteiger partial charge in [0.2, 0.25) is 0 Å². The van der Waals surface area contributed by atoms with Gasteiger partial charge in [-0.05, 0) is 18.3 Å². The lowest BCUT2D eigenvalue weighted by Crippen LogP contribution is -2.55. The summed E-state index contributed by atoms with van der Waals surface area (Å²) in [6.45, 7) is 15.4. The van der Waals surface area contributed by atoms with E-state index in [2.05, 4.69) is 37.5 Å². The summed E-state index contributed by atoms with van der Waals surface area (Å²) in [7, 11) is 0.